The smallest absolute Gasteiger partial charge is 0.130 e. The van der Waals surface area contributed by atoms with Crippen molar-refractivity contribution >= 4 is 17.7 Å². The number of rotatable bonds is 3. The predicted octanol–water partition coefficient (Wildman–Crippen LogP) is 3.80. The monoisotopic (exact) mass is 211 g/mol. The molecule has 0 unspecified atom stereocenters. The SMILES string of the molecule is [N-]=[N+]=NCC=Cc1cc(Cl)ccc1F. The molecule has 3 nitrogen and oxygen atoms in total. The van der Waals surface area contributed by atoms with E-state index in [1.807, 2.05) is 0 Å². The summed E-state index contributed by atoms with van der Waals surface area (Å²) in [5.74, 6) is -0.355. The normalized spacial score (nSPS) is 10.1. The van der Waals surface area contributed by atoms with E-state index in [1.54, 1.807) is 6.08 Å². The van der Waals surface area contributed by atoms with Crippen LogP contribution in [-0.2, 0) is 0 Å². The van der Waals surface area contributed by atoms with Gasteiger partial charge in [-0.2, -0.15) is 0 Å². The summed E-state index contributed by atoms with van der Waals surface area (Å²) in [5.41, 5.74) is 8.37. The van der Waals surface area contributed by atoms with Crippen LogP contribution in [0.3, 0.4) is 0 Å². The standard InChI is InChI=1S/C9H7ClFN3/c10-8-3-4-9(11)7(6-8)2-1-5-13-14-12/h1-4,6H,5H2. The van der Waals surface area contributed by atoms with Crippen LogP contribution in [0.5, 0.6) is 0 Å². The second-order valence-electron chi connectivity index (χ2n) is 2.48. The molecule has 0 fully saturated rings. The Morgan fingerprint density at radius 2 is 2.36 bits per heavy atom. The van der Waals surface area contributed by atoms with E-state index in [0.717, 1.165) is 0 Å². The second kappa shape index (κ2) is 5.27. The summed E-state index contributed by atoms with van der Waals surface area (Å²) >= 11 is 5.67. The minimum Gasteiger partial charge on any atom is -0.206 e. The molecule has 0 heterocycles. The number of halogens is 2. The lowest BCUT2D eigenvalue weighted by atomic mass is 10.2. The van der Waals surface area contributed by atoms with Crippen molar-refractivity contribution in [2.24, 2.45) is 5.11 Å². The van der Waals surface area contributed by atoms with Crippen LogP contribution in [0, 0.1) is 5.82 Å². The number of hydrogen-bond acceptors (Lipinski definition) is 1. The van der Waals surface area contributed by atoms with Crippen molar-refractivity contribution in [2.45, 2.75) is 0 Å². The maximum atomic E-state index is 13.1. The molecular weight excluding hydrogens is 205 g/mol. The predicted molar refractivity (Wildman–Crippen MR) is 54.5 cm³/mol. The van der Waals surface area contributed by atoms with Crippen molar-refractivity contribution in [2.75, 3.05) is 6.54 Å². The van der Waals surface area contributed by atoms with E-state index < -0.39 is 0 Å². The number of nitrogens with zero attached hydrogens (tertiary/aromatic N) is 3. The molecule has 0 bridgehead atoms. The Kier molecular flexibility index (Phi) is 3.98. The lowest BCUT2D eigenvalue weighted by Gasteiger charge is -1.96. The van der Waals surface area contributed by atoms with E-state index in [4.69, 9.17) is 17.1 Å². The number of hydrogen-bond donors (Lipinski definition) is 0. The van der Waals surface area contributed by atoms with Gasteiger partial charge in [0.05, 0.1) is 0 Å². The second-order valence-corrected chi connectivity index (χ2v) is 2.92. The van der Waals surface area contributed by atoms with Gasteiger partial charge in [-0.05, 0) is 23.7 Å². The maximum Gasteiger partial charge on any atom is 0.130 e. The van der Waals surface area contributed by atoms with Gasteiger partial charge in [-0.15, -0.1) is 0 Å². The molecule has 0 saturated heterocycles. The van der Waals surface area contributed by atoms with Gasteiger partial charge in [-0.25, -0.2) is 4.39 Å². The molecule has 0 spiro atoms. The van der Waals surface area contributed by atoms with Gasteiger partial charge < -0.3 is 0 Å². The molecule has 0 aromatic heterocycles. The largest absolute Gasteiger partial charge is 0.206 e. The fourth-order valence-electron chi connectivity index (χ4n) is 0.906. The zero-order valence-electron chi connectivity index (χ0n) is 7.19. The van der Waals surface area contributed by atoms with Crippen LogP contribution in [0.1, 0.15) is 5.56 Å². The molecule has 0 radical (unpaired) electrons. The van der Waals surface area contributed by atoms with E-state index in [2.05, 4.69) is 10.0 Å². The first-order chi connectivity index (χ1) is 6.74. The lowest BCUT2D eigenvalue weighted by Crippen LogP contribution is -1.81. The van der Waals surface area contributed by atoms with Gasteiger partial charge in [0.25, 0.3) is 0 Å². The molecule has 0 aliphatic heterocycles. The van der Waals surface area contributed by atoms with Crippen LogP contribution in [-0.4, -0.2) is 6.54 Å². The molecule has 1 aromatic carbocycles. The summed E-state index contributed by atoms with van der Waals surface area (Å²) in [6, 6.07) is 4.26. The topological polar surface area (TPSA) is 48.8 Å². The maximum absolute atomic E-state index is 13.1. The summed E-state index contributed by atoms with van der Waals surface area (Å²) in [6.45, 7) is 0.197. The van der Waals surface area contributed by atoms with Crippen molar-refractivity contribution in [1.82, 2.24) is 0 Å². The van der Waals surface area contributed by atoms with E-state index in [-0.39, 0.29) is 12.4 Å². The van der Waals surface area contributed by atoms with Gasteiger partial charge in [0.2, 0.25) is 0 Å². The molecule has 0 atom stereocenters. The summed E-state index contributed by atoms with van der Waals surface area (Å²) in [4.78, 5) is 2.56. The van der Waals surface area contributed by atoms with Crippen LogP contribution in [0.4, 0.5) is 4.39 Å². The first-order valence-corrected chi connectivity index (χ1v) is 4.24. The van der Waals surface area contributed by atoms with Crippen LogP contribution < -0.4 is 0 Å². The van der Waals surface area contributed by atoms with Crippen LogP contribution in [0.25, 0.3) is 16.5 Å². The van der Waals surface area contributed by atoms with Crippen molar-refractivity contribution in [3.05, 3.63) is 51.1 Å². The molecule has 1 rings (SSSR count). The van der Waals surface area contributed by atoms with E-state index >= 15 is 0 Å². The highest BCUT2D eigenvalue weighted by Gasteiger charge is 1.97. The summed E-state index contributed by atoms with van der Waals surface area (Å²) in [7, 11) is 0. The molecule has 14 heavy (non-hydrogen) atoms. The quantitative estimate of drug-likeness (QED) is 0.415. The Labute approximate surface area is 85.4 Å². The summed E-state index contributed by atoms with van der Waals surface area (Å²) in [6.07, 6.45) is 3.09. The minimum absolute atomic E-state index is 0.197. The average Bonchev–Trinajstić information content (AvgIpc) is 2.18. The highest BCUT2D eigenvalue weighted by Crippen LogP contribution is 2.15. The highest BCUT2D eigenvalue weighted by atomic mass is 35.5. The zero-order chi connectivity index (χ0) is 10.4. The zero-order valence-corrected chi connectivity index (χ0v) is 7.95. The fourth-order valence-corrected chi connectivity index (χ4v) is 1.09. The molecular formula is C9H7ClFN3. The van der Waals surface area contributed by atoms with Gasteiger partial charge in [-0.1, -0.05) is 28.9 Å². The van der Waals surface area contributed by atoms with E-state index in [1.165, 1.54) is 24.3 Å². The van der Waals surface area contributed by atoms with Gasteiger partial charge >= 0.3 is 0 Å². The summed E-state index contributed by atoms with van der Waals surface area (Å²) < 4.78 is 13.1. The van der Waals surface area contributed by atoms with Crippen LogP contribution >= 0.6 is 11.6 Å². The van der Waals surface area contributed by atoms with Crippen molar-refractivity contribution in [1.29, 1.82) is 0 Å². The van der Waals surface area contributed by atoms with E-state index in [9.17, 15) is 4.39 Å². The molecule has 0 N–H and O–H groups in total. The Morgan fingerprint density at radius 1 is 1.57 bits per heavy atom. The van der Waals surface area contributed by atoms with Gasteiger partial charge in [0.15, 0.2) is 0 Å². The van der Waals surface area contributed by atoms with Crippen molar-refractivity contribution in [3.63, 3.8) is 0 Å². The van der Waals surface area contributed by atoms with Gasteiger partial charge in [-0.3, -0.25) is 0 Å². The molecule has 0 amide bonds. The van der Waals surface area contributed by atoms with E-state index in [0.29, 0.717) is 10.6 Å². The minimum atomic E-state index is -0.355. The third-order valence-corrected chi connectivity index (χ3v) is 1.74. The Morgan fingerprint density at radius 3 is 3.07 bits per heavy atom. The molecule has 0 aliphatic rings. The number of azide groups is 1. The third kappa shape index (κ3) is 3.09. The third-order valence-electron chi connectivity index (χ3n) is 1.51. The van der Waals surface area contributed by atoms with Crippen molar-refractivity contribution in [3.8, 4) is 0 Å². The van der Waals surface area contributed by atoms with Crippen LogP contribution in [0.2, 0.25) is 5.02 Å². The van der Waals surface area contributed by atoms with Crippen LogP contribution in [0.15, 0.2) is 29.4 Å². The Bertz CT molecular complexity index is 397. The highest BCUT2D eigenvalue weighted by molar-refractivity contribution is 6.30. The van der Waals surface area contributed by atoms with Crippen molar-refractivity contribution < 1.29 is 4.39 Å². The Hall–Kier alpha value is -1.51. The van der Waals surface area contributed by atoms with Gasteiger partial charge in [0.1, 0.15) is 5.82 Å². The first kappa shape index (κ1) is 10.6. The lowest BCUT2D eigenvalue weighted by molar-refractivity contribution is 0.625. The van der Waals surface area contributed by atoms with Gasteiger partial charge in [0, 0.05) is 22.0 Å². The first-order valence-electron chi connectivity index (χ1n) is 3.86. The number of benzene rings is 1. The Balaban J connectivity index is 2.79. The molecule has 0 aliphatic carbocycles. The molecule has 1 aromatic rings. The summed E-state index contributed by atoms with van der Waals surface area (Å²) in [5, 5.41) is 3.74. The molecule has 5 heteroatoms. The average molecular weight is 212 g/mol. The molecule has 72 valence electrons. The fraction of sp³-hybridized carbons (Fsp3) is 0.111. The molecule has 0 saturated carbocycles.